The number of aliphatic imine (C=N–C) groups is 1. The van der Waals surface area contributed by atoms with Crippen molar-refractivity contribution >= 4 is 67.1 Å². The Morgan fingerprint density at radius 1 is 0.897 bits per heavy atom. The minimum atomic E-state index is -3.89. The number of carbonyl (C=O) groups is 2. The zero-order chi connectivity index (χ0) is 40.9. The van der Waals surface area contributed by atoms with E-state index in [1.807, 2.05) is 60.9 Å². The Hall–Kier alpha value is -6.09. The number of halogens is 1. The number of aromatic amines is 1. The molecule has 3 N–H and O–H groups in total. The molecule has 294 valence electrons. The number of nitrogens with zero attached hydrogens (tertiary/aromatic N) is 4. The van der Waals surface area contributed by atoms with Gasteiger partial charge in [-0.25, -0.2) is 8.42 Å². The molecule has 1 atom stereocenters. The Morgan fingerprint density at radius 2 is 1.57 bits per heavy atom. The summed E-state index contributed by atoms with van der Waals surface area (Å²) in [7, 11) is -2.53. The van der Waals surface area contributed by atoms with Gasteiger partial charge in [0.15, 0.2) is 5.82 Å². The molecule has 0 spiro atoms. The van der Waals surface area contributed by atoms with Crippen molar-refractivity contribution in [2.75, 3.05) is 11.8 Å². The topological polar surface area (TPSA) is 160 Å². The van der Waals surface area contributed by atoms with Gasteiger partial charge in [-0.05, 0) is 85.8 Å². The van der Waals surface area contributed by atoms with Gasteiger partial charge in [0.25, 0.3) is 15.9 Å². The molecule has 0 saturated carbocycles. The average molecular weight is 832 g/mol. The monoisotopic (exact) mass is 831 g/mol. The molecule has 3 aromatic heterocycles. The lowest BCUT2D eigenvalue weighted by Gasteiger charge is -2.12. The lowest BCUT2D eigenvalue weighted by atomic mass is 9.96. The van der Waals surface area contributed by atoms with E-state index in [9.17, 15) is 18.0 Å². The number of hydrogen-bond acceptors (Lipinski definition) is 9. The highest BCUT2D eigenvalue weighted by atomic mass is 35.5. The van der Waals surface area contributed by atoms with Crippen molar-refractivity contribution in [2.24, 2.45) is 4.99 Å². The Morgan fingerprint density at radius 3 is 2.26 bits per heavy atom. The summed E-state index contributed by atoms with van der Waals surface area (Å²) in [6, 6.07) is 24.7. The van der Waals surface area contributed by atoms with Gasteiger partial charge in [0.2, 0.25) is 0 Å². The fourth-order valence-electron chi connectivity index (χ4n) is 7.13. The Kier molecular flexibility index (Phi) is 10.3. The number of aromatic nitrogens is 4. The van der Waals surface area contributed by atoms with Crippen molar-refractivity contribution in [1.29, 1.82) is 0 Å². The van der Waals surface area contributed by atoms with Crippen molar-refractivity contribution in [1.82, 2.24) is 25.1 Å². The third-order valence-electron chi connectivity index (χ3n) is 10.4. The molecular formula is C43H38ClN7O5S2. The number of aryl methyl sites for hydroxylation is 3. The molecule has 1 aliphatic heterocycles. The number of esters is 1. The van der Waals surface area contributed by atoms with Crippen LogP contribution in [0.4, 0.5) is 5.69 Å². The van der Waals surface area contributed by atoms with Crippen LogP contribution in [0.5, 0.6) is 0 Å². The first-order valence-corrected chi connectivity index (χ1v) is 21.0. The number of anilines is 1. The first kappa shape index (κ1) is 38.8. The summed E-state index contributed by atoms with van der Waals surface area (Å²) in [5.74, 6) is 0.674. The molecule has 8 rings (SSSR count). The quantitative estimate of drug-likeness (QED) is 0.116. The van der Waals surface area contributed by atoms with Gasteiger partial charge in [-0.3, -0.25) is 23.9 Å². The molecule has 0 aliphatic carbocycles. The van der Waals surface area contributed by atoms with Crippen LogP contribution in [0.3, 0.4) is 0 Å². The number of amides is 1. The van der Waals surface area contributed by atoms with E-state index in [1.54, 1.807) is 47.9 Å². The number of ether oxygens (including phenoxy) is 1. The predicted molar refractivity (Wildman–Crippen MR) is 227 cm³/mol. The molecule has 7 aromatic rings. The molecule has 1 amide bonds. The van der Waals surface area contributed by atoms with Crippen LogP contribution in [0.15, 0.2) is 101 Å². The van der Waals surface area contributed by atoms with E-state index in [4.69, 9.17) is 21.3 Å². The maximum absolute atomic E-state index is 13.2. The second-order valence-corrected chi connectivity index (χ2v) is 17.4. The SMILES string of the molecule is COC(=O)C[C@@H]1N=C(c2ccc(-c3ccc(C(=O)NCc4ccc(S(=O)(=O)Nc5ccc(C)c6c(Cl)c[nH]c56)cc4)cc3)cc2)c2c(sc(C)c2C)-n2c(C)nnc21. The number of methoxy groups -OCH3 is 1. The lowest BCUT2D eigenvalue weighted by molar-refractivity contribution is -0.141. The number of H-pyrrole nitrogens is 1. The molecule has 15 heteroatoms. The molecule has 12 nitrogen and oxygen atoms in total. The minimum Gasteiger partial charge on any atom is -0.469 e. The van der Waals surface area contributed by atoms with Gasteiger partial charge < -0.3 is 15.0 Å². The van der Waals surface area contributed by atoms with E-state index >= 15 is 0 Å². The fourth-order valence-corrected chi connectivity index (χ4v) is 9.72. The normalized spacial score (nSPS) is 13.7. The lowest BCUT2D eigenvalue weighted by Crippen LogP contribution is -2.22. The standard InChI is InChI=1S/C43H38ClN7O5S2/c1-23-6-19-34(40-37(23)33(44)22-45-40)50-58(54,55)32-17-7-27(8-18-32)21-46-42(53)31-15-11-29(12-16-31)28-9-13-30(14-10-28)39-38-24(2)25(3)57-43(38)51-26(4)48-49-41(51)35(47-39)20-36(52)56-5/h6-19,22,35,45,50H,20-21H2,1-5H3,(H,46,53)/t35-/m0/s1. The van der Waals surface area contributed by atoms with Crippen LogP contribution in [0, 0.1) is 27.7 Å². The Balaban J connectivity index is 0.947. The molecule has 0 bridgehead atoms. The number of sulfonamides is 1. The minimum absolute atomic E-state index is 0.0287. The third-order valence-corrected chi connectivity index (χ3v) is 13.3. The maximum atomic E-state index is 13.2. The number of nitrogens with one attached hydrogen (secondary N) is 3. The van der Waals surface area contributed by atoms with Gasteiger partial charge in [-0.15, -0.1) is 21.5 Å². The predicted octanol–water partition coefficient (Wildman–Crippen LogP) is 8.55. The number of fused-ring (bicyclic) bond motifs is 4. The average Bonchev–Trinajstić information content (AvgIpc) is 3.87. The van der Waals surface area contributed by atoms with Gasteiger partial charge in [-0.1, -0.05) is 66.2 Å². The van der Waals surface area contributed by atoms with E-state index in [0.29, 0.717) is 27.6 Å². The van der Waals surface area contributed by atoms with E-state index in [-0.39, 0.29) is 29.7 Å². The summed E-state index contributed by atoms with van der Waals surface area (Å²) in [6.07, 6.45) is 1.66. The van der Waals surface area contributed by atoms with Crippen molar-refractivity contribution in [3.8, 4) is 16.1 Å². The summed E-state index contributed by atoms with van der Waals surface area (Å²) in [5.41, 5.74) is 8.80. The van der Waals surface area contributed by atoms with E-state index in [2.05, 4.69) is 39.1 Å². The number of benzene rings is 4. The summed E-state index contributed by atoms with van der Waals surface area (Å²) < 4.78 is 36.1. The van der Waals surface area contributed by atoms with Gasteiger partial charge in [0.05, 0.1) is 40.4 Å². The van der Waals surface area contributed by atoms with Crippen LogP contribution in [-0.2, 0) is 26.1 Å². The largest absolute Gasteiger partial charge is 0.469 e. The van der Waals surface area contributed by atoms with Crippen molar-refractivity contribution < 1.29 is 22.7 Å². The van der Waals surface area contributed by atoms with Crippen molar-refractivity contribution in [2.45, 2.75) is 51.6 Å². The highest BCUT2D eigenvalue weighted by Crippen LogP contribution is 2.40. The Bertz CT molecular complexity index is 2880. The van der Waals surface area contributed by atoms with Gasteiger partial charge >= 0.3 is 5.97 Å². The van der Waals surface area contributed by atoms with Gasteiger partial charge in [-0.2, -0.15) is 0 Å². The van der Waals surface area contributed by atoms with Crippen LogP contribution in [0.1, 0.15) is 67.2 Å². The van der Waals surface area contributed by atoms with Gasteiger partial charge in [0.1, 0.15) is 16.9 Å². The zero-order valence-corrected chi connectivity index (χ0v) is 34.6. The molecule has 0 fully saturated rings. The fraction of sp³-hybridized carbons (Fsp3) is 0.186. The molecule has 4 heterocycles. The second-order valence-electron chi connectivity index (χ2n) is 14.1. The third kappa shape index (κ3) is 7.18. The van der Waals surface area contributed by atoms with Crippen LogP contribution in [-0.4, -0.2) is 52.9 Å². The van der Waals surface area contributed by atoms with Crippen LogP contribution < -0.4 is 10.0 Å². The van der Waals surface area contributed by atoms with Crippen LogP contribution >= 0.6 is 22.9 Å². The first-order valence-electron chi connectivity index (χ1n) is 18.4. The summed E-state index contributed by atoms with van der Waals surface area (Å²) in [5, 5.41) is 13.9. The number of rotatable bonds is 10. The van der Waals surface area contributed by atoms with Crippen LogP contribution in [0.25, 0.3) is 27.0 Å². The Labute approximate surface area is 344 Å². The molecule has 58 heavy (non-hydrogen) atoms. The smallest absolute Gasteiger partial charge is 0.308 e. The highest BCUT2D eigenvalue weighted by molar-refractivity contribution is 7.92. The highest BCUT2D eigenvalue weighted by Gasteiger charge is 2.32. The zero-order valence-electron chi connectivity index (χ0n) is 32.2. The number of thiophene rings is 1. The van der Waals surface area contributed by atoms with E-state index in [0.717, 1.165) is 65.7 Å². The molecule has 4 aromatic carbocycles. The molecule has 0 unspecified atom stereocenters. The summed E-state index contributed by atoms with van der Waals surface area (Å²) in [4.78, 5) is 35.0. The van der Waals surface area contributed by atoms with Gasteiger partial charge in [0, 0.05) is 39.7 Å². The second kappa shape index (κ2) is 15.3. The van der Waals surface area contributed by atoms with Crippen molar-refractivity contribution in [3.05, 3.63) is 146 Å². The van der Waals surface area contributed by atoms with E-state index in [1.165, 1.54) is 19.2 Å². The van der Waals surface area contributed by atoms with E-state index < -0.39 is 16.1 Å². The molecule has 0 saturated heterocycles. The molecule has 1 aliphatic rings. The van der Waals surface area contributed by atoms with Crippen molar-refractivity contribution in [3.63, 3.8) is 0 Å². The number of hydrogen-bond donors (Lipinski definition) is 3. The maximum Gasteiger partial charge on any atom is 0.308 e. The summed E-state index contributed by atoms with van der Waals surface area (Å²) >= 11 is 7.95. The summed E-state index contributed by atoms with van der Waals surface area (Å²) in [6.45, 7) is 8.18. The molecule has 0 radical (unpaired) electrons. The van der Waals surface area contributed by atoms with Crippen LogP contribution in [0.2, 0.25) is 5.02 Å². The first-order chi connectivity index (χ1) is 27.8. The molecular weight excluding hydrogens is 794 g/mol. The number of carbonyl (C=O) groups excluding carboxylic acids is 2.